The minimum Gasteiger partial charge on any atom is -0.508 e. The zero-order chi connectivity index (χ0) is 22.1. The van der Waals surface area contributed by atoms with Crippen molar-refractivity contribution in [3.63, 3.8) is 0 Å². The second kappa shape index (κ2) is 10.8. The van der Waals surface area contributed by atoms with Crippen LogP contribution in [0.5, 0.6) is 5.75 Å². The fraction of sp³-hybridized carbons (Fsp3) is 0.167. The van der Waals surface area contributed by atoms with E-state index in [0.717, 1.165) is 11.1 Å². The molecule has 0 saturated carbocycles. The Morgan fingerprint density at radius 1 is 0.903 bits per heavy atom. The monoisotopic (exact) mass is 419 g/mol. The van der Waals surface area contributed by atoms with Crippen LogP contribution in [0.25, 0.3) is 0 Å². The number of phenols is 1. The van der Waals surface area contributed by atoms with Gasteiger partial charge in [-0.2, -0.15) is 0 Å². The number of nitrogens with one attached hydrogen (secondary N) is 2. The zero-order valence-electron chi connectivity index (χ0n) is 17.0. The summed E-state index contributed by atoms with van der Waals surface area (Å²) in [6.45, 7) is 0.437. The second-order valence-electron chi connectivity index (χ2n) is 7.03. The van der Waals surface area contributed by atoms with Crippen LogP contribution in [0.2, 0.25) is 0 Å². The van der Waals surface area contributed by atoms with Crippen molar-refractivity contribution in [1.82, 2.24) is 5.32 Å². The van der Waals surface area contributed by atoms with Gasteiger partial charge in [-0.1, -0.05) is 54.6 Å². The maximum Gasteiger partial charge on any atom is 0.408 e. The molecule has 0 aromatic heterocycles. The van der Waals surface area contributed by atoms with E-state index in [1.165, 1.54) is 0 Å². The molecule has 160 valence electrons. The summed E-state index contributed by atoms with van der Waals surface area (Å²) in [4.78, 5) is 25.3. The summed E-state index contributed by atoms with van der Waals surface area (Å²) in [5.41, 5.74) is 8.64. The topological polar surface area (TPSA) is 114 Å². The number of benzene rings is 3. The van der Waals surface area contributed by atoms with Gasteiger partial charge < -0.3 is 26.2 Å². The summed E-state index contributed by atoms with van der Waals surface area (Å²) in [7, 11) is 0. The van der Waals surface area contributed by atoms with Crippen LogP contribution in [-0.2, 0) is 29.1 Å². The van der Waals surface area contributed by atoms with E-state index in [9.17, 15) is 14.7 Å². The minimum absolute atomic E-state index is 0.0824. The molecule has 0 radical (unpaired) electrons. The van der Waals surface area contributed by atoms with Gasteiger partial charge >= 0.3 is 6.09 Å². The first kappa shape index (κ1) is 21.9. The molecule has 31 heavy (non-hydrogen) atoms. The highest BCUT2D eigenvalue weighted by Crippen LogP contribution is 2.15. The molecule has 0 aliphatic heterocycles. The number of hydrogen-bond donors (Lipinski definition) is 4. The molecule has 7 heteroatoms. The molecular weight excluding hydrogens is 394 g/mol. The number of hydrogen-bond acceptors (Lipinski definition) is 5. The van der Waals surface area contributed by atoms with Gasteiger partial charge in [0.25, 0.3) is 0 Å². The normalized spacial score (nSPS) is 11.4. The van der Waals surface area contributed by atoms with Crippen molar-refractivity contribution in [2.45, 2.75) is 25.6 Å². The predicted molar refractivity (Wildman–Crippen MR) is 118 cm³/mol. The van der Waals surface area contributed by atoms with E-state index >= 15 is 0 Å². The lowest BCUT2D eigenvalue weighted by molar-refractivity contribution is -0.118. The smallest absolute Gasteiger partial charge is 0.408 e. The lowest BCUT2D eigenvalue weighted by Gasteiger charge is -2.19. The van der Waals surface area contributed by atoms with Crippen LogP contribution in [0.1, 0.15) is 16.7 Å². The first-order valence-electron chi connectivity index (χ1n) is 9.88. The average Bonchev–Trinajstić information content (AvgIpc) is 2.78. The number of phenolic OH excluding ortho intramolecular Hbond substituents is 1. The van der Waals surface area contributed by atoms with Crippen LogP contribution in [-0.4, -0.2) is 23.1 Å². The van der Waals surface area contributed by atoms with Gasteiger partial charge in [-0.25, -0.2) is 4.79 Å². The van der Waals surface area contributed by atoms with Crippen LogP contribution < -0.4 is 16.4 Å². The third-order valence-electron chi connectivity index (χ3n) is 4.60. The number of anilines is 1. The third kappa shape index (κ3) is 6.87. The molecule has 0 spiro atoms. The van der Waals surface area contributed by atoms with Crippen LogP contribution in [0.15, 0.2) is 78.9 Å². The van der Waals surface area contributed by atoms with Crippen LogP contribution in [0, 0.1) is 0 Å². The Hall–Kier alpha value is -3.84. The molecule has 0 unspecified atom stereocenters. The van der Waals surface area contributed by atoms with E-state index in [1.807, 2.05) is 36.4 Å². The first-order valence-corrected chi connectivity index (χ1v) is 9.88. The number of aromatic hydroxyl groups is 1. The summed E-state index contributed by atoms with van der Waals surface area (Å²) < 4.78 is 5.26. The molecule has 0 saturated heterocycles. The van der Waals surface area contributed by atoms with E-state index in [-0.39, 0.29) is 18.8 Å². The fourth-order valence-electron chi connectivity index (χ4n) is 3.04. The first-order chi connectivity index (χ1) is 15.0. The van der Waals surface area contributed by atoms with Crippen molar-refractivity contribution in [3.05, 3.63) is 95.6 Å². The maximum atomic E-state index is 12.9. The number of carbonyl (C=O) groups excluding carboxylic acids is 2. The van der Waals surface area contributed by atoms with Crippen molar-refractivity contribution in [3.8, 4) is 5.75 Å². The molecule has 3 rings (SSSR count). The van der Waals surface area contributed by atoms with Gasteiger partial charge in [0.1, 0.15) is 18.4 Å². The van der Waals surface area contributed by atoms with Crippen LogP contribution in [0.4, 0.5) is 10.5 Å². The maximum absolute atomic E-state index is 12.9. The SMILES string of the molecule is NCc1cccc(NC(=O)[C@@H](Cc2cccc(O)c2)NC(=O)OCc2ccccc2)c1. The van der Waals surface area contributed by atoms with Gasteiger partial charge in [-0.3, -0.25) is 4.79 Å². The van der Waals surface area contributed by atoms with Crippen molar-refractivity contribution in [1.29, 1.82) is 0 Å². The lowest BCUT2D eigenvalue weighted by Crippen LogP contribution is -2.45. The third-order valence-corrected chi connectivity index (χ3v) is 4.60. The van der Waals surface area contributed by atoms with Gasteiger partial charge in [-0.15, -0.1) is 0 Å². The molecule has 3 aromatic carbocycles. The molecule has 0 heterocycles. The Balaban J connectivity index is 1.70. The van der Waals surface area contributed by atoms with Crippen molar-refractivity contribution < 1.29 is 19.4 Å². The predicted octanol–water partition coefficient (Wildman–Crippen LogP) is 3.33. The second-order valence-corrected chi connectivity index (χ2v) is 7.03. The Morgan fingerprint density at radius 3 is 2.35 bits per heavy atom. The zero-order valence-corrected chi connectivity index (χ0v) is 17.0. The standard InChI is InChI=1S/C24H25N3O4/c25-15-19-9-4-10-20(12-19)26-23(29)22(14-18-8-5-11-21(28)13-18)27-24(30)31-16-17-6-2-1-3-7-17/h1-13,22,28H,14-16,25H2,(H,26,29)(H,27,30)/t22-/m1/s1. The van der Waals surface area contributed by atoms with Crippen molar-refractivity contribution in [2.75, 3.05) is 5.32 Å². The number of carbonyl (C=O) groups is 2. The Labute approximate surface area is 180 Å². The van der Waals surface area contributed by atoms with Crippen LogP contribution >= 0.6 is 0 Å². The summed E-state index contributed by atoms with van der Waals surface area (Å²) in [5.74, 6) is -0.326. The fourth-order valence-corrected chi connectivity index (χ4v) is 3.04. The number of ether oxygens (including phenoxy) is 1. The Kier molecular flexibility index (Phi) is 7.61. The summed E-state index contributed by atoms with van der Waals surface area (Å²) in [6.07, 6.45) is -0.531. The molecule has 1 atom stereocenters. The van der Waals surface area contributed by atoms with Gasteiger partial charge in [0.15, 0.2) is 0 Å². The van der Waals surface area contributed by atoms with Crippen molar-refractivity contribution in [2.24, 2.45) is 5.73 Å². The number of amides is 2. The molecule has 5 N–H and O–H groups in total. The molecule has 7 nitrogen and oxygen atoms in total. The highest BCUT2D eigenvalue weighted by atomic mass is 16.5. The molecule has 0 bridgehead atoms. The van der Waals surface area contributed by atoms with E-state index < -0.39 is 18.0 Å². The molecule has 0 aliphatic rings. The molecular formula is C24H25N3O4. The lowest BCUT2D eigenvalue weighted by atomic mass is 10.0. The molecule has 2 amide bonds. The quantitative estimate of drug-likeness (QED) is 0.447. The molecule has 0 aliphatic carbocycles. The van der Waals surface area contributed by atoms with Crippen LogP contribution in [0.3, 0.4) is 0 Å². The number of alkyl carbamates (subject to hydrolysis) is 1. The summed E-state index contributed by atoms with van der Waals surface area (Å²) in [6, 6.07) is 22.1. The van der Waals surface area contributed by atoms with E-state index in [1.54, 1.807) is 42.5 Å². The highest BCUT2D eigenvalue weighted by molar-refractivity contribution is 5.96. The Morgan fingerprint density at radius 2 is 1.61 bits per heavy atom. The van der Waals surface area contributed by atoms with Crippen molar-refractivity contribution >= 4 is 17.7 Å². The van der Waals surface area contributed by atoms with Gasteiger partial charge in [-0.05, 0) is 41.0 Å². The highest BCUT2D eigenvalue weighted by Gasteiger charge is 2.22. The molecule has 0 fully saturated rings. The summed E-state index contributed by atoms with van der Waals surface area (Å²) >= 11 is 0. The summed E-state index contributed by atoms with van der Waals surface area (Å²) in [5, 5.41) is 15.2. The van der Waals surface area contributed by atoms with E-state index in [2.05, 4.69) is 10.6 Å². The minimum atomic E-state index is -0.911. The molecule has 3 aromatic rings. The largest absolute Gasteiger partial charge is 0.508 e. The van der Waals surface area contributed by atoms with E-state index in [0.29, 0.717) is 17.8 Å². The van der Waals surface area contributed by atoms with Gasteiger partial charge in [0.2, 0.25) is 5.91 Å². The number of nitrogens with two attached hydrogens (primary N) is 1. The average molecular weight is 419 g/mol. The Bertz CT molecular complexity index is 1020. The van der Waals surface area contributed by atoms with Gasteiger partial charge in [0, 0.05) is 18.7 Å². The number of rotatable bonds is 8. The van der Waals surface area contributed by atoms with E-state index in [4.69, 9.17) is 10.5 Å². The van der Waals surface area contributed by atoms with Gasteiger partial charge in [0.05, 0.1) is 0 Å².